The molecule has 3 N–H and O–H groups in total. The van der Waals surface area contributed by atoms with Crippen LogP contribution in [-0.2, 0) is 11.3 Å². The number of hydrogen-bond acceptors (Lipinski definition) is 7. The average molecular weight is 326 g/mol. The molecule has 0 aliphatic carbocycles. The second-order valence-corrected chi connectivity index (χ2v) is 6.17. The van der Waals surface area contributed by atoms with Crippen molar-refractivity contribution >= 4 is 5.97 Å². The normalized spacial score (nSPS) is 12.8. The Hall–Kier alpha value is -1.70. The number of ether oxygens (including phenoxy) is 2. The fourth-order valence-corrected chi connectivity index (χ4v) is 1.71. The number of β-amino-alcohol motifs (C(OH)–C–C–N with tert-alkyl or cyclic N) is 1. The van der Waals surface area contributed by atoms with Crippen molar-refractivity contribution in [3.8, 4) is 5.88 Å². The van der Waals surface area contributed by atoms with Crippen molar-refractivity contribution in [3.05, 3.63) is 23.4 Å². The maximum absolute atomic E-state index is 11.9. The van der Waals surface area contributed by atoms with Crippen LogP contribution in [0.15, 0.2) is 12.3 Å². The lowest BCUT2D eigenvalue weighted by Gasteiger charge is -2.23. The number of hydrogen-bond donors (Lipinski definition) is 3. The Morgan fingerprint density at radius 1 is 1.43 bits per heavy atom. The Labute approximate surface area is 136 Å². The topological polar surface area (TPSA) is 101 Å². The summed E-state index contributed by atoms with van der Waals surface area (Å²) in [6.45, 7) is 8.01. The van der Waals surface area contributed by atoms with Gasteiger partial charge in [-0.3, -0.25) is 0 Å². The summed E-state index contributed by atoms with van der Waals surface area (Å²) < 4.78 is 10.4. The van der Waals surface area contributed by atoms with Crippen LogP contribution in [-0.4, -0.2) is 52.6 Å². The van der Waals surface area contributed by atoms with Crippen LogP contribution < -0.4 is 10.1 Å². The van der Waals surface area contributed by atoms with Crippen molar-refractivity contribution in [2.24, 2.45) is 0 Å². The molecule has 0 bridgehead atoms. The van der Waals surface area contributed by atoms with Gasteiger partial charge in [0.2, 0.25) is 5.88 Å². The van der Waals surface area contributed by atoms with Gasteiger partial charge in [-0.2, -0.15) is 0 Å². The van der Waals surface area contributed by atoms with Crippen molar-refractivity contribution in [1.29, 1.82) is 0 Å². The fraction of sp³-hybridized carbons (Fsp3) is 0.625. The maximum atomic E-state index is 11.9. The third-order valence-electron chi connectivity index (χ3n) is 2.87. The minimum atomic E-state index is -0.747. The first-order valence-electron chi connectivity index (χ1n) is 7.59. The Morgan fingerprint density at radius 2 is 2.13 bits per heavy atom. The van der Waals surface area contributed by atoms with Gasteiger partial charge in [0.1, 0.15) is 18.3 Å². The first-order chi connectivity index (χ1) is 10.8. The van der Waals surface area contributed by atoms with Gasteiger partial charge >= 0.3 is 5.97 Å². The number of nitrogens with one attached hydrogen (secondary N) is 1. The molecule has 0 spiro atoms. The van der Waals surface area contributed by atoms with E-state index in [9.17, 15) is 9.90 Å². The third kappa shape index (κ3) is 6.94. The van der Waals surface area contributed by atoms with Crippen LogP contribution in [0.5, 0.6) is 5.88 Å². The molecule has 0 saturated heterocycles. The molecule has 7 nitrogen and oxygen atoms in total. The highest BCUT2D eigenvalue weighted by molar-refractivity contribution is 5.92. The predicted octanol–water partition coefficient (Wildman–Crippen LogP) is 0.878. The molecular formula is C16H26N2O5. The number of carbonyl (C=O) groups is 1. The summed E-state index contributed by atoms with van der Waals surface area (Å²) >= 11 is 0. The summed E-state index contributed by atoms with van der Waals surface area (Å²) in [5, 5.41) is 22.2. The molecule has 0 amide bonds. The summed E-state index contributed by atoms with van der Waals surface area (Å²) in [6.07, 6.45) is 0.668. The lowest BCUT2D eigenvalue weighted by atomic mass is 10.1. The monoisotopic (exact) mass is 326 g/mol. The van der Waals surface area contributed by atoms with E-state index < -0.39 is 12.1 Å². The summed E-state index contributed by atoms with van der Waals surface area (Å²) in [4.78, 5) is 16.0. The molecule has 7 heteroatoms. The molecule has 1 atom stereocenters. The van der Waals surface area contributed by atoms with Gasteiger partial charge in [0, 0.05) is 18.3 Å². The molecule has 0 saturated carbocycles. The SMILES string of the molecule is CCOC(=O)c1cc(CO)cnc1OCC(O)CNC(C)(C)C. The molecule has 0 fully saturated rings. The summed E-state index contributed by atoms with van der Waals surface area (Å²) in [7, 11) is 0. The van der Waals surface area contributed by atoms with Gasteiger partial charge in [-0.25, -0.2) is 9.78 Å². The highest BCUT2D eigenvalue weighted by Gasteiger charge is 2.18. The van der Waals surface area contributed by atoms with E-state index in [1.807, 2.05) is 20.8 Å². The zero-order chi connectivity index (χ0) is 17.5. The average Bonchev–Trinajstić information content (AvgIpc) is 2.50. The Kier molecular flexibility index (Phi) is 7.41. The second kappa shape index (κ2) is 8.81. The smallest absolute Gasteiger partial charge is 0.343 e. The Balaban J connectivity index is 2.73. The minimum absolute atomic E-state index is 0.0129. The number of aromatic nitrogens is 1. The molecular weight excluding hydrogens is 300 g/mol. The van der Waals surface area contributed by atoms with Crippen LogP contribution in [0, 0.1) is 0 Å². The fourth-order valence-electron chi connectivity index (χ4n) is 1.71. The highest BCUT2D eigenvalue weighted by atomic mass is 16.5. The molecule has 0 aliphatic rings. The quantitative estimate of drug-likeness (QED) is 0.610. The molecule has 0 aliphatic heterocycles. The first-order valence-corrected chi connectivity index (χ1v) is 7.59. The highest BCUT2D eigenvalue weighted by Crippen LogP contribution is 2.18. The number of rotatable bonds is 8. The van der Waals surface area contributed by atoms with Gasteiger partial charge in [-0.15, -0.1) is 0 Å². The van der Waals surface area contributed by atoms with E-state index >= 15 is 0 Å². The number of carbonyl (C=O) groups excluding carboxylic acids is 1. The molecule has 1 aromatic rings. The van der Waals surface area contributed by atoms with Crippen LogP contribution >= 0.6 is 0 Å². The molecule has 0 radical (unpaired) electrons. The van der Waals surface area contributed by atoms with Gasteiger partial charge in [0.15, 0.2) is 0 Å². The van der Waals surface area contributed by atoms with Gasteiger partial charge < -0.3 is 25.0 Å². The van der Waals surface area contributed by atoms with Gasteiger partial charge in [0.25, 0.3) is 0 Å². The molecule has 0 aromatic carbocycles. The van der Waals surface area contributed by atoms with Gasteiger partial charge in [0.05, 0.1) is 13.2 Å². The zero-order valence-electron chi connectivity index (χ0n) is 14.1. The van der Waals surface area contributed by atoms with Crippen LogP contribution in [0.1, 0.15) is 43.6 Å². The Bertz CT molecular complexity index is 514. The predicted molar refractivity (Wildman–Crippen MR) is 85.4 cm³/mol. The van der Waals surface area contributed by atoms with Crippen molar-refractivity contribution in [3.63, 3.8) is 0 Å². The molecule has 130 valence electrons. The van der Waals surface area contributed by atoms with Crippen molar-refractivity contribution in [1.82, 2.24) is 10.3 Å². The number of pyridine rings is 1. The van der Waals surface area contributed by atoms with E-state index in [4.69, 9.17) is 14.6 Å². The van der Waals surface area contributed by atoms with Crippen LogP contribution in [0.3, 0.4) is 0 Å². The third-order valence-corrected chi connectivity index (χ3v) is 2.87. The largest absolute Gasteiger partial charge is 0.474 e. The van der Waals surface area contributed by atoms with Crippen LogP contribution in [0.2, 0.25) is 0 Å². The Morgan fingerprint density at radius 3 is 2.70 bits per heavy atom. The molecule has 1 unspecified atom stereocenters. The number of esters is 1. The number of aliphatic hydroxyl groups excluding tert-OH is 2. The number of nitrogens with zero attached hydrogens (tertiary/aromatic N) is 1. The second-order valence-electron chi connectivity index (χ2n) is 6.17. The lowest BCUT2D eigenvalue weighted by Crippen LogP contribution is -2.42. The van der Waals surface area contributed by atoms with E-state index in [1.165, 1.54) is 12.3 Å². The molecule has 1 rings (SSSR count). The standard InChI is InChI=1S/C16H26N2O5/c1-5-22-15(21)13-6-11(9-19)7-17-14(13)23-10-12(20)8-18-16(2,3)4/h6-7,12,18-20H,5,8-10H2,1-4H3. The summed E-state index contributed by atoms with van der Waals surface area (Å²) in [5.41, 5.74) is 0.502. The van der Waals surface area contributed by atoms with E-state index in [1.54, 1.807) is 6.92 Å². The minimum Gasteiger partial charge on any atom is -0.474 e. The van der Waals surface area contributed by atoms with E-state index in [0.717, 1.165) is 0 Å². The van der Waals surface area contributed by atoms with Gasteiger partial charge in [-0.05, 0) is 39.3 Å². The summed E-state index contributed by atoms with van der Waals surface area (Å²) in [6, 6.07) is 1.47. The van der Waals surface area contributed by atoms with Gasteiger partial charge in [-0.1, -0.05) is 0 Å². The molecule has 1 heterocycles. The molecule has 1 aromatic heterocycles. The molecule has 23 heavy (non-hydrogen) atoms. The summed E-state index contributed by atoms with van der Waals surface area (Å²) in [5.74, 6) is -0.497. The van der Waals surface area contributed by atoms with Crippen LogP contribution in [0.25, 0.3) is 0 Å². The number of aliphatic hydroxyl groups is 2. The van der Waals surface area contributed by atoms with Crippen LogP contribution in [0.4, 0.5) is 0 Å². The van der Waals surface area contributed by atoms with E-state index in [2.05, 4.69) is 10.3 Å². The first kappa shape index (κ1) is 19.3. The lowest BCUT2D eigenvalue weighted by molar-refractivity contribution is 0.0512. The van der Waals surface area contributed by atoms with E-state index in [-0.39, 0.29) is 36.8 Å². The van der Waals surface area contributed by atoms with Crippen molar-refractivity contribution in [2.75, 3.05) is 19.8 Å². The van der Waals surface area contributed by atoms with E-state index in [0.29, 0.717) is 12.1 Å². The van der Waals surface area contributed by atoms with Crippen molar-refractivity contribution in [2.45, 2.75) is 45.9 Å². The maximum Gasteiger partial charge on any atom is 0.343 e. The van der Waals surface area contributed by atoms with Crippen molar-refractivity contribution < 1.29 is 24.5 Å². The zero-order valence-corrected chi connectivity index (χ0v) is 14.1.